The van der Waals surface area contributed by atoms with Crippen molar-refractivity contribution in [1.82, 2.24) is 4.98 Å². The van der Waals surface area contributed by atoms with Gasteiger partial charge in [-0.25, -0.2) is 4.98 Å². The van der Waals surface area contributed by atoms with E-state index in [9.17, 15) is 4.79 Å². The molecule has 124 valence electrons. The van der Waals surface area contributed by atoms with E-state index in [4.69, 9.17) is 21.1 Å². The maximum atomic E-state index is 12.2. The van der Waals surface area contributed by atoms with Crippen LogP contribution in [0.25, 0.3) is 11.3 Å². The van der Waals surface area contributed by atoms with E-state index in [2.05, 4.69) is 10.3 Å². The second kappa shape index (κ2) is 7.21. The minimum absolute atomic E-state index is 0.231. The molecule has 0 atom stereocenters. The van der Waals surface area contributed by atoms with Crippen LogP contribution in [0.5, 0.6) is 11.5 Å². The molecule has 2 heterocycles. The van der Waals surface area contributed by atoms with Crippen molar-refractivity contribution < 1.29 is 14.3 Å². The van der Waals surface area contributed by atoms with Gasteiger partial charge in [0.05, 0.1) is 29.1 Å². The molecular weight excluding hydrogens is 368 g/mol. The number of halogens is 1. The van der Waals surface area contributed by atoms with Crippen molar-refractivity contribution in [3.63, 3.8) is 0 Å². The maximum Gasteiger partial charge on any atom is 0.267 e. The number of hydrogen-bond acceptors (Lipinski definition) is 6. The third-order valence-corrected chi connectivity index (χ3v) is 5.19. The van der Waals surface area contributed by atoms with Crippen LogP contribution >= 0.6 is 34.3 Å². The van der Waals surface area contributed by atoms with Crippen LogP contribution in [0.15, 0.2) is 35.7 Å². The highest BCUT2D eigenvalue weighted by Crippen LogP contribution is 2.35. The number of benzene rings is 1. The van der Waals surface area contributed by atoms with E-state index in [0.29, 0.717) is 31.5 Å². The largest absolute Gasteiger partial charge is 0.497 e. The molecule has 0 spiro atoms. The molecule has 1 N–H and O–H groups in total. The number of carbonyl (C=O) groups is 1. The zero-order valence-electron chi connectivity index (χ0n) is 12.8. The first-order valence-corrected chi connectivity index (χ1v) is 8.92. The fraction of sp³-hybridized carbons (Fsp3) is 0.125. The number of ether oxygens (including phenoxy) is 2. The van der Waals surface area contributed by atoms with E-state index < -0.39 is 0 Å². The van der Waals surface area contributed by atoms with Gasteiger partial charge in [-0.1, -0.05) is 11.6 Å². The minimum atomic E-state index is -0.231. The minimum Gasteiger partial charge on any atom is -0.497 e. The summed E-state index contributed by atoms with van der Waals surface area (Å²) in [6.07, 6.45) is 0. The summed E-state index contributed by atoms with van der Waals surface area (Å²) in [6, 6.07) is 8.85. The lowest BCUT2D eigenvalue weighted by Crippen LogP contribution is -2.09. The Labute approximate surface area is 151 Å². The smallest absolute Gasteiger partial charge is 0.267 e. The van der Waals surface area contributed by atoms with E-state index >= 15 is 0 Å². The van der Waals surface area contributed by atoms with Gasteiger partial charge in [0.25, 0.3) is 5.91 Å². The van der Waals surface area contributed by atoms with E-state index in [-0.39, 0.29) is 5.91 Å². The highest BCUT2D eigenvalue weighted by Gasteiger charge is 2.14. The highest BCUT2D eigenvalue weighted by molar-refractivity contribution is 7.18. The van der Waals surface area contributed by atoms with Crippen molar-refractivity contribution in [3.8, 4) is 22.8 Å². The Morgan fingerprint density at radius 1 is 1.21 bits per heavy atom. The third-order valence-electron chi connectivity index (χ3n) is 3.20. The number of thiazole rings is 1. The van der Waals surface area contributed by atoms with Gasteiger partial charge >= 0.3 is 0 Å². The molecule has 24 heavy (non-hydrogen) atoms. The number of rotatable bonds is 5. The Hall–Kier alpha value is -2.09. The van der Waals surface area contributed by atoms with Gasteiger partial charge in [-0.15, -0.1) is 22.7 Å². The second-order valence-corrected chi connectivity index (χ2v) is 7.24. The lowest BCUT2D eigenvalue weighted by Gasteiger charge is -2.08. The molecule has 0 aliphatic heterocycles. The van der Waals surface area contributed by atoms with Crippen LogP contribution < -0.4 is 14.8 Å². The Morgan fingerprint density at radius 2 is 2.04 bits per heavy atom. The molecule has 3 aromatic rings. The fourth-order valence-corrected chi connectivity index (χ4v) is 3.71. The average Bonchev–Trinajstić information content (AvgIpc) is 3.23. The summed E-state index contributed by atoms with van der Waals surface area (Å²) in [5, 5.41) is 5.14. The normalized spacial score (nSPS) is 10.5. The summed E-state index contributed by atoms with van der Waals surface area (Å²) in [7, 11) is 3.20. The summed E-state index contributed by atoms with van der Waals surface area (Å²) < 4.78 is 11.2. The highest BCUT2D eigenvalue weighted by atomic mass is 35.5. The number of amides is 1. The number of carbonyl (C=O) groups excluding carboxylic acids is 1. The van der Waals surface area contributed by atoms with E-state index in [0.717, 1.165) is 5.56 Å². The molecule has 1 amide bonds. The number of thiophene rings is 1. The van der Waals surface area contributed by atoms with Gasteiger partial charge in [-0.05, 0) is 30.3 Å². The zero-order chi connectivity index (χ0) is 17.1. The van der Waals surface area contributed by atoms with Crippen molar-refractivity contribution >= 4 is 45.3 Å². The Kier molecular flexibility index (Phi) is 5.03. The topological polar surface area (TPSA) is 60.5 Å². The molecule has 0 aliphatic carbocycles. The second-order valence-electron chi connectivity index (χ2n) is 4.66. The Bertz CT molecular complexity index is 876. The summed E-state index contributed by atoms with van der Waals surface area (Å²) in [5.41, 5.74) is 1.50. The SMILES string of the molecule is COc1ccc(OC)c(-c2csc(NC(=O)c3ccc(Cl)s3)n2)c1. The molecule has 0 bridgehead atoms. The molecule has 0 radical (unpaired) electrons. The van der Waals surface area contributed by atoms with Crippen LogP contribution in [0.3, 0.4) is 0 Å². The number of hydrogen-bond donors (Lipinski definition) is 1. The molecule has 2 aromatic heterocycles. The number of aromatic nitrogens is 1. The quantitative estimate of drug-likeness (QED) is 0.691. The lowest BCUT2D eigenvalue weighted by atomic mass is 10.1. The molecule has 0 saturated carbocycles. The standard InChI is InChI=1S/C16H13ClN2O3S2/c1-21-9-3-4-12(22-2)10(7-9)11-8-23-16(18-11)19-15(20)13-5-6-14(17)24-13/h3-8H,1-2H3,(H,18,19,20). The predicted octanol–water partition coefficient (Wildman–Crippen LogP) is 4.79. The number of nitrogens with zero attached hydrogens (tertiary/aromatic N) is 1. The Balaban J connectivity index is 1.84. The average molecular weight is 381 g/mol. The van der Waals surface area contributed by atoms with Crippen LogP contribution in [0.2, 0.25) is 4.34 Å². The van der Waals surface area contributed by atoms with Crippen molar-refractivity contribution in [2.24, 2.45) is 0 Å². The van der Waals surface area contributed by atoms with Crippen molar-refractivity contribution in [2.45, 2.75) is 0 Å². The summed E-state index contributed by atoms with van der Waals surface area (Å²) in [4.78, 5) is 17.2. The first kappa shape index (κ1) is 16.8. The van der Waals surface area contributed by atoms with Crippen molar-refractivity contribution in [3.05, 3.63) is 44.9 Å². The molecule has 0 saturated heterocycles. The van der Waals surface area contributed by atoms with E-state index in [1.54, 1.807) is 26.4 Å². The lowest BCUT2D eigenvalue weighted by molar-refractivity contribution is 0.103. The molecule has 3 rings (SSSR count). The summed E-state index contributed by atoms with van der Waals surface area (Å²) >= 11 is 8.42. The van der Waals surface area contributed by atoms with Gasteiger partial charge in [-0.3, -0.25) is 10.1 Å². The van der Waals surface area contributed by atoms with Crippen molar-refractivity contribution in [1.29, 1.82) is 0 Å². The van der Waals surface area contributed by atoms with Crippen LogP contribution in [0.4, 0.5) is 5.13 Å². The van der Waals surface area contributed by atoms with Gasteiger partial charge in [0.15, 0.2) is 5.13 Å². The molecule has 5 nitrogen and oxygen atoms in total. The number of nitrogens with one attached hydrogen (secondary N) is 1. The van der Waals surface area contributed by atoms with Gasteiger partial charge < -0.3 is 9.47 Å². The van der Waals surface area contributed by atoms with Crippen LogP contribution in [-0.2, 0) is 0 Å². The van der Waals surface area contributed by atoms with E-state index in [1.165, 1.54) is 22.7 Å². The maximum absolute atomic E-state index is 12.2. The van der Waals surface area contributed by atoms with Gasteiger partial charge in [-0.2, -0.15) is 0 Å². The van der Waals surface area contributed by atoms with Gasteiger partial charge in [0, 0.05) is 10.9 Å². The molecule has 8 heteroatoms. The van der Waals surface area contributed by atoms with Crippen molar-refractivity contribution in [2.75, 3.05) is 19.5 Å². The van der Waals surface area contributed by atoms with Crippen LogP contribution in [-0.4, -0.2) is 25.1 Å². The number of methoxy groups -OCH3 is 2. The van der Waals surface area contributed by atoms with Crippen LogP contribution in [0.1, 0.15) is 9.67 Å². The molecule has 0 unspecified atom stereocenters. The fourth-order valence-electron chi connectivity index (χ4n) is 2.06. The third kappa shape index (κ3) is 3.53. The van der Waals surface area contributed by atoms with Gasteiger partial charge in [0.1, 0.15) is 11.5 Å². The molecular formula is C16H13ClN2O3S2. The summed E-state index contributed by atoms with van der Waals surface area (Å²) in [5.74, 6) is 1.16. The first-order chi connectivity index (χ1) is 11.6. The van der Waals surface area contributed by atoms with E-state index in [1.807, 2.05) is 23.6 Å². The molecule has 0 fully saturated rings. The molecule has 1 aromatic carbocycles. The zero-order valence-corrected chi connectivity index (χ0v) is 15.2. The first-order valence-electron chi connectivity index (χ1n) is 6.85. The monoisotopic (exact) mass is 380 g/mol. The van der Waals surface area contributed by atoms with Gasteiger partial charge in [0.2, 0.25) is 0 Å². The predicted molar refractivity (Wildman–Crippen MR) is 97.9 cm³/mol. The van der Waals surface area contributed by atoms with Crippen LogP contribution in [0, 0.1) is 0 Å². The number of anilines is 1. The molecule has 0 aliphatic rings. The Morgan fingerprint density at radius 3 is 2.71 bits per heavy atom. The summed E-state index contributed by atoms with van der Waals surface area (Å²) in [6.45, 7) is 0.